The molecule has 3 rings (SSSR count). The highest BCUT2D eigenvalue weighted by Gasteiger charge is 2.22. The maximum absolute atomic E-state index is 11.9. The van der Waals surface area contributed by atoms with E-state index in [0.29, 0.717) is 5.75 Å². The van der Waals surface area contributed by atoms with Gasteiger partial charge in [0.15, 0.2) is 5.16 Å². The molecule has 128 valence electrons. The van der Waals surface area contributed by atoms with E-state index in [4.69, 9.17) is 0 Å². The first-order chi connectivity index (χ1) is 11.7. The number of piperidine rings is 1. The third-order valence-electron chi connectivity index (χ3n) is 4.09. The lowest BCUT2D eigenvalue weighted by atomic mass is 10.1. The molecular formula is C17H23N5OS. The van der Waals surface area contributed by atoms with Gasteiger partial charge in [-0.1, -0.05) is 30.0 Å². The Morgan fingerprint density at radius 2 is 1.83 bits per heavy atom. The molecule has 0 spiro atoms. The Morgan fingerprint density at radius 1 is 1.12 bits per heavy atom. The van der Waals surface area contributed by atoms with Crippen molar-refractivity contribution in [3.8, 4) is 5.69 Å². The lowest BCUT2D eigenvalue weighted by Crippen LogP contribution is -2.31. The first kappa shape index (κ1) is 16.8. The third kappa shape index (κ3) is 3.72. The summed E-state index contributed by atoms with van der Waals surface area (Å²) in [4.78, 5) is 15.8. The van der Waals surface area contributed by atoms with Gasteiger partial charge in [-0.25, -0.2) is 0 Å². The van der Waals surface area contributed by atoms with Crippen LogP contribution in [0.2, 0.25) is 0 Å². The van der Waals surface area contributed by atoms with Crippen molar-refractivity contribution >= 4 is 23.6 Å². The van der Waals surface area contributed by atoms with E-state index in [0.717, 1.165) is 29.9 Å². The fourth-order valence-corrected chi connectivity index (χ4v) is 3.64. The van der Waals surface area contributed by atoms with E-state index in [1.54, 1.807) is 19.0 Å². The molecule has 1 aromatic heterocycles. The Hall–Kier alpha value is -2.02. The van der Waals surface area contributed by atoms with Crippen LogP contribution in [0.15, 0.2) is 35.5 Å². The van der Waals surface area contributed by atoms with Crippen molar-refractivity contribution in [3.63, 3.8) is 0 Å². The summed E-state index contributed by atoms with van der Waals surface area (Å²) in [6.07, 6.45) is 3.64. The minimum absolute atomic E-state index is 0.0714. The molecule has 1 aromatic carbocycles. The van der Waals surface area contributed by atoms with Gasteiger partial charge in [-0.3, -0.25) is 9.36 Å². The van der Waals surface area contributed by atoms with Crippen LogP contribution in [-0.4, -0.2) is 58.5 Å². The SMILES string of the molecule is CN(C)C(=O)CSc1nnc(N2CCCCC2)n1-c1ccccc1. The van der Waals surface area contributed by atoms with Crippen LogP contribution in [0.3, 0.4) is 0 Å². The summed E-state index contributed by atoms with van der Waals surface area (Å²) in [7, 11) is 3.54. The van der Waals surface area contributed by atoms with Gasteiger partial charge in [0.1, 0.15) is 0 Å². The summed E-state index contributed by atoms with van der Waals surface area (Å²) in [5, 5.41) is 9.56. The molecule has 0 atom stereocenters. The number of para-hydroxylation sites is 1. The number of hydrogen-bond donors (Lipinski definition) is 0. The van der Waals surface area contributed by atoms with Gasteiger partial charge < -0.3 is 9.80 Å². The zero-order chi connectivity index (χ0) is 16.9. The second-order valence-electron chi connectivity index (χ2n) is 6.08. The Kier molecular flexibility index (Phi) is 5.40. The molecule has 0 aliphatic carbocycles. The van der Waals surface area contributed by atoms with Crippen molar-refractivity contribution in [1.82, 2.24) is 19.7 Å². The van der Waals surface area contributed by atoms with Crippen molar-refractivity contribution in [1.29, 1.82) is 0 Å². The number of thioether (sulfide) groups is 1. The highest BCUT2D eigenvalue weighted by molar-refractivity contribution is 7.99. The topological polar surface area (TPSA) is 54.3 Å². The van der Waals surface area contributed by atoms with Crippen LogP contribution >= 0.6 is 11.8 Å². The van der Waals surface area contributed by atoms with Crippen LogP contribution in [-0.2, 0) is 4.79 Å². The molecule has 1 amide bonds. The number of aromatic nitrogens is 3. The van der Waals surface area contributed by atoms with Crippen molar-refractivity contribution in [2.45, 2.75) is 24.4 Å². The van der Waals surface area contributed by atoms with E-state index in [1.807, 2.05) is 18.2 Å². The largest absolute Gasteiger partial charge is 0.348 e. The number of amides is 1. The summed E-state index contributed by atoms with van der Waals surface area (Å²) in [6.45, 7) is 2.01. The maximum atomic E-state index is 11.9. The minimum Gasteiger partial charge on any atom is -0.348 e. The van der Waals surface area contributed by atoms with E-state index in [2.05, 4.69) is 31.8 Å². The molecule has 0 N–H and O–H groups in total. The smallest absolute Gasteiger partial charge is 0.232 e. The summed E-state index contributed by atoms with van der Waals surface area (Å²) >= 11 is 1.43. The quantitative estimate of drug-likeness (QED) is 0.779. The Labute approximate surface area is 146 Å². The van der Waals surface area contributed by atoms with Gasteiger partial charge in [0, 0.05) is 27.2 Å². The molecule has 0 unspecified atom stereocenters. The monoisotopic (exact) mass is 345 g/mol. The average molecular weight is 345 g/mol. The number of rotatable bonds is 5. The zero-order valence-corrected chi connectivity index (χ0v) is 15.0. The molecular weight excluding hydrogens is 322 g/mol. The number of anilines is 1. The molecule has 1 aliphatic rings. The predicted molar refractivity (Wildman–Crippen MR) is 96.8 cm³/mol. The van der Waals surface area contributed by atoms with Gasteiger partial charge in [0.25, 0.3) is 0 Å². The van der Waals surface area contributed by atoms with Gasteiger partial charge in [-0.15, -0.1) is 10.2 Å². The van der Waals surface area contributed by atoms with Gasteiger partial charge >= 0.3 is 0 Å². The van der Waals surface area contributed by atoms with E-state index in [1.165, 1.54) is 31.0 Å². The van der Waals surface area contributed by atoms with Crippen LogP contribution in [0.25, 0.3) is 5.69 Å². The van der Waals surface area contributed by atoms with E-state index < -0.39 is 0 Å². The Morgan fingerprint density at radius 3 is 2.50 bits per heavy atom. The number of carbonyl (C=O) groups excluding carboxylic acids is 1. The predicted octanol–water partition coefficient (Wildman–Crippen LogP) is 2.44. The van der Waals surface area contributed by atoms with Crippen molar-refractivity contribution in [3.05, 3.63) is 30.3 Å². The Bertz CT molecular complexity index is 680. The highest BCUT2D eigenvalue weighted by Crippen LogP contribution is 2.28. The Balaban J connectivity index is 1.91. The zero-order valence-electron chi connectivity index (χ0n) is 14.2. The molecule has 0 saturated carbocycles. The van der Waals surface area contributed by atoms with E-state index >= 15 is 0 Å². The molecule has 6 nitrogen and oxygen atoms in total. The molecule has 0 radical (unpaired) electrons. The van der Waals surface area contributed by atoms with Gasteiger partial charge in [-0.2, -0.15) is 0 Å². The molecule has 0 bridgehead atoms. The molecule has 7 heteroatoms. The van der Waals surface area contributed by atoms with Crippen LogP contribution in [0.4, 0.5) is 5.95 Å². The van der Waals surface area contributed by atoms with Gasteiger partial charge in [-0.05, 0) is 31.4 Å². The van der Waals surface area contributed by atoms with Gasteiger partial charge in [0.2, 0.25) is 11.9 Å². The average Bonchev–Trinajstić information content (AvgIpc) is 3.05. The number of nitrogens with zero attached hydrogens (tertiary/aromatic N) is 5. The van der Waals surface area contributed by atoms with Crippen molar-refractivity contribution < 1.29 is 4.79 Å². The second-order valence-corrected chi connectivity index (χ2v) is 7.02. The first-order valence-electron chi connectivity index (χ1n) is 8.25. The van der Waals surface area contributed by atoms with Crippen LogP contribution in [0.1, 0.15) is 19.3 Å². The lowest BCUT2D eigenvalue weighted by Gasteiger charge is -2.27. The molecule has 1 saturated heterocycles. The first-order valence-corrected chi connectivity index (χ1v) is 9.24. The van der Waals surface area contributed by atoms with Crippen molar-refractivity contribution in [2.75, 3.05) is 37.8 Å². The standard InChI is InChI=1S/C17H23N5OS/c1-20(2)15(23)13-24-17-19-18-16(21-11-7-4-8-12-21)22(17)14-9-5-3-6-10-14/h3,5-6,9-10H,4,7-8,11-13H2,1-2H3. The van der Waals surface area contributed by atoms with Crippen LogP contribution in [0, 0.1) is 0 Å². The third-order valence-corrected chi connectivity index (χ3v) is 5.01. The summed E-state index contributed by atoms with van der Waals surface area (Å²) in [5.41, 5.74) is 1.03. The fraction of sp³-hybridized carbons (Fsp3) is 0.471. The van der Waals surface area contributed by atoms with Crippen LogP contribution in [0.5, 0.6) is 0 Å². The number of benzene rings is 1. The molecule has 2 heterocycles. The fourth-order valence-electron chi connectivity index (χ4n) is 2.71. The summed E-state index contributed by atoms with van der Waals surface area (Å²) < 4.78 is 2.07. The molecule has 24 heavy (non-hydrogen) atoms. The normalized spacial score (nSPS) is 14.7. The van der Waals surface area contributed by atoms with Crippen molar-refractivity contribution in [2.24, 2.45) is 0 Å². The number of carbonyl (C=O) groups is 1. The number of hydrogen-bond acceptors (Lipinski definition) is 5. The minimum atomic E-state index is 0.0714. The second kappa shape index (κ2) is 7.70. The molecule has 1 fully saturated rings. The molecule has 2 aromatic rings. The summed E-state index contributed by atoms with van der Waals surface area (Å²) in [5.74, 6) is 1.31. The van der Waals surface area contributed by atoms with E-state index in [-0.39, 0.29) is 5.91 Å². The van der Waals surface area contributed by atoms with Gasteiger partial charge in [0.05, 0.1) is 11.4 Å². The lowest BCUT2D eigenvalue weighted by molar-refractivity contribution is -0.125. The molecule has 1 aliphatic heterocycles. The highest BCUT2D eigenvalue weighted by atomic mass is 32.2. The van der Waals surface area contributed by atoms with Crippen LogP contribution < -0.4 is 4.90 Å². The maximum Gasteiger partial charge on any atom is 0.232 e. The van der Waals surface area contributed by atoms with E-state index in [9.17, 15) is 4.79 Å². The summed E-state index contributed by atoms with van der Waals surface area (Å²) in [6, 6.07) is 10.1.